The van der Waals surface area contributed by atoms with E-state index in [4.69, 9.17) is 4.74 Å². The van der Waals surface area contributed by atoms with Gasteiger partial charge in [0.05, 0.1) is 29.7 Å². The van der Waals surface area contributed by atoms with E-state index in [2.05, 4.69) is 10.3 Å². The molecule has 0 spiro atoms. The van der Waals surface area contributed by atoms with E-state index < -0.39 is 5.97 Å². The van der Waals surface area contributed by atoms with Crippen LogP contribution in [0.15, 0.2) is 29.3 Å². The van der Waals surface area contributed by atoms with Crippen molar-refractivity contribution < 1.29 is 14.3 Å². The van der Waals surface area contributed by atoms with E-state index >= 15 is 0 Å². The fourth-order valence-corrected chi connectivity index (χ4v) is 2.78. The molecule has 1 N–H and O–H groups in total. The maximum Gasteiger partial charge on any atom is 0.307 e. The molecule has 7 heteroatoms. The van der Waals surface area contributed by atoms with Crippen LogP contribution in [-0.2, 0) is 20.9 Å². The lowest BCUT2D eigenvalue weighted by Crippen LogP contribution is -2.31. The number of benzene rings is 1. The van der Waals surface area contributed by atoms with Crippen LogP contribution in [0.4, 0.5) is 0 Å². The van der Waals surface area contributed by atoms with E-state index in [9.17, 15) is 14.4 Å². The number of carbonyl (C=O) groups is 2. The molecule has 1 aromatic carbocycles. The van der Waals surface area contributed by atoms with Gasteiger partial charge in [-0.3, -0.25) is 19.0 Å². The Morgan fingerprint density at radius 2 is 2.25 bits per heavy atom. The molecule has 3 rings (SSSR count). The Kier molecular flexibility index (Phi) is 4.59. The number of amides is 1. The largest absolute Gasteiger partial charge is 0.463 e. The highest BCUT2D eigenvalue weighted by molar-refractivity contribution is 5.80. The number of aryl methyl sites for hydroxylation is 2. The highest BCUT2D eigenvalue weighted by Crippen LogP contribution is 2.11. The Labute approximate surface area is 138 Å². The third-order valence-electron chi connectivity index (χ3n) is 4.14. The lowest BCUT2D eigenvalue weighted by molar-refractivity contribution is -0.144. The number of rotatable bonds is 5. The van der Waals surface area contributed by atoms with Gasteiger partial charge in [0, 0.05) is 13.0 Å². The summed E-state index contributed by atoms with van der Waals surface area (Å²) < 4.78 is 6.57. The predicted octanol–water partition coefficient (Wildman–Crippen LogP) is 0.917. The van der Waals surface area contributed by atoms with Gasteiger partial charge in [-0.25, -0.2) is 4.98 Å². The number of nitrogens with one attached hydrogen (secondary N) is 1. The Morgan fingerprint density at radius 1 is 1.42 bits per heavy atom. The molecular formula is C17H19N3O4. The van der Waals surface area contributed by atoms with Crippen LogP contribution < -0.4 is 10.9 Å². The van der Waals surface area contributed by atoms with E-state index in [1.54, 1.807) is 6.07 Å². The number of hydrogen-bond donors (Lipinski definition) is 1. The van der Waals surface area contributed by atoms with Crippen LogP contribution >= 0.6 is 0 Å². The minimum absolute atomic E-state index is 0.0138. The van der Waals surface area contributed by atoms with Crippen molar-refractivity contribution in [3.8, 4) is 0 Å². The molecule has 2 heterocycles. The van der Waals surface area contributed by atoms with E-state index in [0.717, 1.165) is 5.56 Å². The van der Waals surface area contributed by atoms with Crippen molar-refractivity contribution in [1.29, 1.82) is 0 Å². The summed E-state index contributed by atoms with van der Waals surface area (Å²) in [5.74, 6) is -0.410. The van der Waals surface area contributed by atoms with Gasteiger partial charge in [0.15, 0.2) is 0 Å². The number of esters is 1. The van der Waals surface area contributed by atoms with E-state index in [0.29, 0.717) is 23.7 Å². The van der Waals surface area contributed by atoms with Crippen LogP contribution in [0, 0.1) is 6.92 Å². The van der Waals surface area contributed by atoms with Crippen LogP contribution in [0.2, 0.25) is 0 Å². The SMILES string of the molecule is Cc1cccc2c(=O)n(CCC(=O)OCC3CCC(=O)N3)cnc12. The number of hydrogen-bond acceptors (Lipinski definition) is 5. The minimum Gasteiger partial charge on any atom is -0.463 e. The quantitative estimate of drug-likeness (QED) is 0.824. The molecule has 0 aliphatic carbocycles. The van der Waals surface area contributed by atoms with Gasteiger partial charge in [-0.05, 0) is 25.0 Å². The Bertz CT molecular complexity index is 843. The topological polar surface area (TPSA) is 90.3 Å². The second-order valence-electron chi connectivity index (χ2n) is 5.95. The molecule has 126 valence electrons. The lowest BCUT2D eigenvalue weighted by Gasteiger charge is -2.11. The Balaban J connectivity index is 1.59. The molecule has 1 saturated heterocycles. The van der Waals surface area contributed by atoms with Crippen molar-refractivity contribution in [2.24, 2.45) is 0 Å². The molecule has 1 unspecified atom stereocenters. The Morgan fingerprint density at radius 3 is 3.00 bits per heavy atom. The van der Waals surface area contributed by atoms with Gasteiger partial charge in [0.1, 0.15) is 6.61 Å². The maximum absolute atomic E-state index is 12.4. The number of fused-ring (bicyclic) bond motifs is 1. The second-order valence-corrected chi connectivity index (χ2v) is 5.95. The van der Waals surface area contributed by atoms with Crippen LogP contribution in [0.3, 0.4) is 0 Å². The molecule has 0 saturated carbocycles. The molecule has 1 aromatic heterocycles. The zero-order valence-corrected chi connectivity index (χ0v) is 13.4. The van der Waals surface area contributed by atoms with Crippen molar-refractivity contribution in [3.63, 3.8) is 0 Å². The maximum atomic E-state index is 12.4. The average molecular weight is 329 g/mol. The van der Waals surface area contributed by atoms with Crippen molar-refractivity contribution in [2.45, 2.75) is 38.8 Å². The number of nitrogens with zero attached hydrogens (tertiary/aromatic N) is 2. The molecule has 7 nitrogen and oxygen atoms in total. The van der Waals surface area contributed by atoms with Crippen LogP contribution in [-0.4, -0.2) is 34.1 Å². The molecule has 0 bridgehead atoms. The molecule has 1 fully saturated rings. The fraction of sp³-hybridized carbons (Fsp3) is 0.412. The summed E-state index contributed by atoms with van der Waals surface area (Å²) in [6.07, 6.45) is 2.70. The summed E-state index contributed by atoms with van der Waals surface area (Å²) in [4.78, 5) is 39.6. The van der Waals surface area contributed by atoms with Crippen LogP contribution in [0.1, 0.15) is 24.8 Å². The van der Waals surface area contributed by atoms with Crippen molar-refractivity contribution >= 4 is 22.8 Å². The molecule has 2 aromatic rings. The van der Waals surface area contributed by atoms with Gasteiger partial charge in [0.25, 0.3) is 5.56 Å². The molecule has 0 radical (unpaired) electrons. The molecule has 1 aliphatic heterocycles. The summed E-state index contributed by atoms with van der Waals surface area (Å²) in [5, 5.41) is 3.28. The third kappa shape index (κ3) is 3.45. The summed E-state index contributed by atoms with van der Waals surface area (Å²) >= 11 is 0. The minimum atomic E-state index is -0.396. The Hall–Kier alpha value is -2.70. The predicted molar refractivity (Wildman–Crippen MR) is 87.5 cm³/mol. The molecule has 1 amide bonds. The zero-order valence-electron chi connectivity index (χ0n) is 13.4. The smallest absolute Gasteiger partial charge is 0.307 e. The standard InChI is InChI=1S/C17H19N3O4/c1-11-3-2-4-13-16(11)18-10-20(17(13)23)8-7-15(22)24-9-12-5-6-14(21)19-12/h2-4,10,12H,5-9H2,1H3,(H,19,21). The van der Waals surface area contributed by atoms with Crippen LogP contribution in [0.25, 0.3) is 10.9 Å². The molecular weight excluding hydrogens is 310 g/mol. The summed E-state index contributed by atoms with van der Waals surface area (Å²) in [6.45, 7) is 2.29. The lowest BCUT2D eigenvalue weighted by atomic mass is 10.1. The summed E-state index contributed by atoms with van der Waals surface area (Å²) in [6, 6.07) is 5.34. The van der Waals surface area contributed by atoms with Gasteiger partial charge < -0.3 is 10.1 Å². The van der Waals surface area contributed by atoms with Crippen molar-refractivity contribution in [2.75, 3.05) is 6.61 Å². The third-order valence-corrected chi connectivity index (χ3v) is 4.14. The summed E-state index contributed by atoms with van der Waals surface area (Å²) in [7, 11) is 0. The van der Waals surface area contributed by atoms with E-state index in [-0.39, 0.29) is 37.1 Å². The number of carbonyl (C=O) groups excluding carboxylic acids is 2. The molecule has 1 atom stereocenters. The molecule has 1 aliphatic rings. The van der Waals surface area contributed by atoms with Gasteiger partial charge in [-0.1, -0.05) is 12.1 Å². The van der Waals surface area contributed by atoms with Crippen molar-refractivity contribution in [1.82, 2.24) is 14.9 Å². The first-order chi connectivity index (χ1) is 11.5. The number of ether oxygens (including phenoxy) is 1. The highest BCUT2D eigenvalue weighted by Gasteiger charge is 2.21. The second kappa shape index (κ2) is 6.82. The first-order valence-corrected chi connectivity index (χ1v) is 7.94. The monoisotopic (exact) mass is 329 g/mol. The van der Waals surface area contributed by atoms with Crippen molar-refractivity contribution in [3.05, 3.63) is 40.4 Å². The summed E-state index contributed by atoms with van der Waals surface area (Å²) in [5.41, 5.74) is 1.45. The van der Waals surface area contributed by atoms with Gasteiger partial charge in [-0.15, -0.1) is 0 Å². The first kappa shape index (κ1) is 16.2. The normalized spacial score (nSPS) is 17.0. The zero-order chi connectivity index (χ0) is 17.1. The fourth-order valence-electron chi connectivity index (χ4n) is 2.78. The van der Waals surface area contributed by atoms with Gasteiger partial charge in [-0.2, -0.15) is 0 Å². The number of para-hydroxylation sites is 1. The van der Waals surface area contributed by atoms with Gasteiger partial charge >= 0.3 is 5.97 Å². The molecule has 24 heavy (non-hydrogen) atoms. The average Bonchev–Trinajstić information content (AvgIpc) is 2.98. The van der Waals surface area contributed by atoms with E-state index in [1.807, 2.05) is 19.1 Å². The number of aromatic nitrogens is 2. The van der Waals surface area contributed by atoms with Crippen LogP contribution in [0.5, 0.6) is 0 Å². The highest BCUT2D eigenvalue weighted by atomic mass is 16.5. The first-order valence-electron chi connectivity index (χ1n) is 7.94. The van der Waals surface area contributed by atoms with E-state index in [1.165, 1.54) is 10.9 Å². The van der Waals surface area contributed by atoms with Gasteiger partial charge in [0.2, 0.25) is 5.91 Å².